The van der Waals surface area contributed by atoms with Crippen LogP contribution in [0.25, 0.3) is 0 Å². The first-order valence-electron chi connectivity index (χ1n) is 3.86. The fraction of sp³-hybridized carbons (Fsp3) is 0.222. The molecule has 1 aliphatic heterocycles. The van der Waals surface area contributed by atoms with Crippen LogP contribution in [0.15, 0.2) is 46.4 Å². The van der Waals surface area contributed by atoms with E-state index >= 15 is 0 Å². The minimum atomic E-state index is -0.0995. The second kappa shape index (κ2) is 2.85. The highest BCUT2D eigenvalue weighted by Crippen LogP contribution is 2.24. The van der Waals surface area contributed by atoms with Crippen LogP contribution in [0, 0.1) is 5.92 Å². The van der Waals surface area contributed by atoms with E-state index < -0.39 is 0 Å². The van der Waals surface area contributed by atoms with E-state index in [1.807, 2.05) is 18.2 Å². The van der Waals surface area contributed by atoms with Crippen molar-refractivity contribution < 1.29 is 4.79 Å². The third-order valence-corrected chi connectivity index (χ3v) is 1.95. The summed E-state index contributed by atoms with van der Waals surface area (Å²) in [5.41, 5.74) is 0.771. The van der Waals surface area contributed by atoms with Crippen molar-refractivity contribution in [2.24, 2.45) is 16.1 Å². The zero-order valence-electron chi connectivity index (χ0n) is 6.47. The van der Waals surface area contributed by atoms with Gasteiger partial charge < -0.3 is 0 Å². The Morgan fingerprint density at radius 2 is 2.42 bits per heavy atom. The van der Waals surface area contributed by atoms with Crippen LogP contribution in [0.3, 0.4) is 0 Å². The van der Waals surface area contributed by atoms with Gasteiger partial charge in [0.2, 0.25) is 0 Å². The van der Waals surface area contributed by atoms with E-state index in [0.29, 0.717) is 0 Å². The Bertz CT molecular complexity index is 323. The Morgan fingerprint density at radius 1 is 1.50 bits per heavy atom. The smallest absolute Gasteiger partial charge is 0.166 e. The van der Waals surface area contributed by atoms with Crippen molar-refractivity contribution in [3.05, 3.63) is 36.2 Å². The van der Waals surface area contributed by atoms with Gasteiger partial charge in [-0.25, -0.2) is 0 Å². The lowest BCUT2D eigenvalue weighted by molar-refractivity contribution is -0.117. The average molecular weight is 160 g/mol. The molecule has 3 nitrogen and oxygen atoms in total. The molecule has 0 saturated heterocycles. The molecule has 1 atom stereocenters. The molecule has 0 N–H and O–H groups in total. The maximum Gasteiger partial charge on any atom is 0.166 e. The third kappa shape index (κ3) is 1.13. The van der Waals surface area contributed by atoms with Crippen molar-refractivity contribution in [2.75, 3.05) is 0 Å². The topological polar surface area (TPSA) is 41.8 Å². The van der Waals surface area contributed by atoms with Gasteiger partial charge in [0.1, 0.15) is 0 Å². The van der Waals surface area contributed by atoms with E-state index in [1.54, 1.807) is 0 Å². The molecule has 2 rings (SSSR count). The molecule has 1 heterocycles. The quantitative estimate of drug-likeness (QED) is 0.534. The van der Waals surface area contributed by atoms with Crippen LogP contribution in [0.1, 0.15) is 6.42 Å². The average Bonchev–Trinajstić information content (AvgIpc) is 2.29. The standard InChI is InChI=1S/C9H8N2O/c12-9-5-6-10-11-8-4-2-1-3-7(8)9/h1-2,4-7H,3H2. The van der Waals surface area contributed by atoms with Crippen molar-refractivity contribution in [2.45, 2.75) is 6.42 Å². The molecule has 1 unspecified atom stereocenters. The molecule has 2 aliphatic rings. The summed E-state index contributed by atoms with van der Waals surface area (Å²) in [5.74, 6) is -0.00639. The van der Waals surface area contributed by atoms with Gasteiger partial charge in [-0.05, 0) is 12.5 Å². The number of azo groups is 1. The van der Waals surface area contributed by atoms with Crippen molar-refractivity contribution in [1.82, 2.24) is 0 Å². The number of hydrogen-bond donors (Lipinski definition) is 0. The van der Waals surface area contributed by atoms with Crippen LogP contribution in [0.5, 0.6) is 0 Å². The van der Waals surface area contributed by atoms with Crippen LogP contribution < -0.4 is 0 Å². The number of nitrogens with zero attached hydrogens (tertiary/aromatic N) is 2. The summed E-state index contributed by atoms with van der Waals surface area (Å²) < 4.78 is 0. The van der Waals surface area contributed by atoms with Crippen LogP contribution in [-0.4, -0.2) is 5.78 Å². The third-order valence-electron chi connectivity index (χ3n) is 1.95. The van der Waals surface area contributed by atoms with Crippen molar-refractivity contribution in [3.63, 3.8) is 0 Å². The molecule has 0 aromatic carbocycles. The van der Waals surface area contributed by atoms with Crippen LogP contribution in [-0.2, 0) is 4.79 Å². The molecule has 0 radical (unpaired) electrons. The molecule has 0 amide bonds. The van der Waals surface area contributed by atoms with Gasteiger partial charge in [0.25, 0.3) is 0 Å². The second-order valence-electron chi connectivity index (χ2n) is 2.74. The fourth-order valence-corrected chi connectivity index (χ4v) is 1.31. The first kappa shape index (κ1) is 7.16. The molecular weight excluding hydrogens is 152 g/mol. The van der Waals surface area contributed by atoms with Crippen LogP contribution in [0.2, 0.25) is 0 Å². The van der Waals surface area contributed by atoms with Gasteiger partial charge in [-0.3, -0.25) is 4.79 Å². The molecule has 0 aromatic rings. The number of ketones is 1. The molecule has 0 saturated carbocycles. The second-order valence-corrected chi connectivity index (χ2v) is 2.74. The Balaban J connectivity index is 2.38. The van der Waals surface area contributed by atoms with Crippen LogP contribution in [0.4, 0.5) is 0 Å². The minimum absolute atomic E-state index is 0.0931. The lowest BCUT2D eigenvalue weighted by atomic mass is 9.93. The summed E-state index contributed by atoms with van der Waals surface area (Å²) in [6, 6.07) is 0. The van der Waals surface area contributed by atoms with Gasteiger partial charge in [-0.15, -0.1) is 0 Å². The van der Waals surface area contributed by atoms with Crippen molar-refractivity contribution in [1.29, 1.82) is 0 Å². The first-order chi connectivity index (χ1) is 5.88. The molecule has 0 fully saturated rings. The van der Waals surface area contributed by atoms with Crippen LogP contribution >= 0.6 is 0 Å². The Morgan fingerprint density at radius 3 is 3.33 bits per heavy atom. The SMILES string of the molecule is O=C1C=CN=NC2=CC=CCC12. The number of carbonyl (C=O) groups excluding carboxylic acids is 1. The van der Waals surface area contributed by atoms with Gasteiger partial charge in [-0.2, -0.15) is 10.2 Å². The summed E-state index contributed by atoms with van der Waals surface area (Å²) in [6.07, 6.45) is 9.39. The highest BCUT2D eigenvalue weighted by atomic mass is 16.1. The van der Waals surface area contributed by atoms with Gasteiger partial charge >= 0.3 is 0 Å². The normalized spacial score (nSPS) is 26.5. The predicted octanol–water partition coefficient (Wildman–Crippen LogP) is 2.00. The molecule has 0 bridgehead atoms. The van der Waals surface area contributed by atoms with E-state index in [2.05, 4.69) is 10.2 Å². The lowest BCUT2D eigenvalue weighted by Crippen LogP contribution is -2.13. The van der Waals surface area contributed by atoms with Gasteiger partial charge in [0.05, 0.1) is 17.8 Å². The molecule has 0 spiro atoms. The molecule has 0 aromatic heterocycles. The Labute approximate surface area is 70.2 Å². The summed E-state index contributed by atoms with van der Waals surface area (Å²) in [7, 11) is 0. The van der Waals surface area contributed by atoms with E-state index in [-0.39, 0.29) is 11.7 Å². The van der Waals surface area contributed by atoms with E-state index in [9.17, 15) is 4.79 Å². The zero-order chi connectivity index (χ0) is 8.39. The maximum atomic E-state index is 11.4. The monoisotopic (exact) mass is 160 g/mol. The highest BCUT2D eigenvalue weighted by molar-refractivity contribution is 5.94. The summed E-state index contributed by atoms with van der Waals surface area (Å²) >= 11 is 0. The molecule has 60 valence electrons. The minimum Gasteiger partial charge on any atom is -0.294 e. The molecule has 12 heavy (non-hydrogen) atoms. The number of hydrogen-bond acceptors (Lipinski definition) is 3. The fourth-order valence-electron chi connectivity index (χ4n) is 1.31. The van der Waals surface area contributed by atoms with Crippen molar-refractivity contribution >= 4 is 5.78 Å². The van der Waals surface area contributed by atoms with Gasteiger partial charge in [0.15, 0.2) is 5.78 Å². The van der Waals surface area contributed by atoms with Gasteiger partial charge in [-0.1, -0.05) is 12.2 Å². The molecular formula is C9H8N2O. The number of carbonyl (C=O) groups is 1. The summed E-state index contributed by atoms with van der Waals surface area (Å²) in [4.78, 5) is 11.4. The van der Waals surface area contributed by atoms with Gasteiger partial charge in [0, 0.05) is 6.08 Å². The largest absolute Gasteiger partial charge is 0.294 e. The zero-order valence-corrected chi connectivity index (χ0v) is 6.47. The summed E-state index contributed by atoms with van der Waals surface area (Å²) in [5, 5.41) is 7.65. The van der Waals surface area contributed by atoms with E-state index in [0.717, 1.165) is 12.1 Å². The number of fused-ring (bicyclic) bond motifs is 1. The first-order valence-corrected chi connectivity index (χ1v) is 3.86. The van der Waals surface area contributed by atoms with Crippen molar-refractivity contribution in [3.8, 4) is 0 Å². The Kier molecular flexibility index (Phi) is 1.70. The Hall–Kier alpha value is -1.51. The lowest BCUT2D eigenvalue weighted by Gasteiger charge is -2.12. The summed E-state index contributed by atoms with van der Waals surface area (Å²) in [6.45, 7) is 0. The van der Waals surface area contributed by atoms with E-state index in [1.165, 1.54) is 12.3 Å². The molecule has 3 heteroatoms. The number of allylic oxidation sites excluding steroid dienone is 5. The molecule has 1 aliphatic carbocycles. The maximum absolute atomic E-state index is 11.4. The number of rotatable bonds is 0. The van der Waals surface area contributed by atoms with E-state index in [4.69, 9.17) is 0 Å². The highest BCUT2D eigenvalue weighted by Gasteiger charge is 2.22. The predicted molar refractivity (Wildman–Crippen MR) is 44.3 cm³/mol.